The van der Waals surface area contributed by atoms with E-state index in [0.29, 0.717) is 5.92 Å². The molecule has 0 amide bonds. The second kappa shape index (κ2) is 6.26. The largest absolute Gasteiger partial charge is 0.374 e. The van der Waals surface area contributed by atoms with E-state index in [9.17, 15) is 0 Å². The zero-order valence-electron chi connectivity index (χ0n) is 15.0. The third-order valence-electron chi connectivity index (χ3n) is 6.49. The van der Waals surface area contributed by atoms with Crippen LogP contribution in [0.5, 0.6) is 0 Å². The molecule has 0 aliphatic heterocycles. The fourth-order valence-corrected chi connectivity index (χ4v) is 5.12. The molecule has 2 bridgehead atoms. The van der Waals surface area contributed by atoms with Crippen LogP contribution in [0, 0.1) is 29.6 Å². The summed E-state index contributed by atoms with van der Waals surface area (Å²) in [5, 5.41) is 0. The average molecular weight is 300 g/mol. The Bertz CT molecular complexity index is 487. The summed E-state index contributed by atoms with van der Waals surface area (Å²) in [5.41, 5.74) is 2.83. The van der Waals surface area contributed by atoms with Crippen molar-refractivity contribution in [1.82, 2.24) is 0 Å². The average Bonchev–Trinajstić information content (AvgIpc) is 3.04. The Morgan fingerprint density at radius 1 is 1.05 bits per heavy atom. The zero-order chi connectivity index (χ0) is 15.9. The number of rotatable bonds is 5. The summed E-state index contributed by atoms with van der Waals surface area (Å²) in [6.45, 7) is 10.6. The van der Waals surface area contributed by atoms with Crippen molar-refractivity contribution >= 4 is 5.69 Å². The van der Waals surface area contributed by atoms with E-state index in [2.05, 4.69) is 63.9 Å². The van der Waals surface area contributed by atoms with Gasteiger partial charge >= 0.3 is 0 Å². The normalized spacial score (nSPS) is 30.5. The number of hydrogen-bond acceptors (Lipinski definition) is 1. The van der Waals surface area contributed by atoms with E-state index >= 15 is 0 Å². The maximum absolute atomic E-state index is 2.50. The Hall–Kier alpha value is -0.980. The van der Waals surface area contributed by atoms with Crippen LogP contribution >= 0.6 is 0 Å². The maximum atomic E-state index is 2.50. The lowest BCUT2D eigenvalue weighted by atomic mass is 9.80. The Balaban J connectivity index is 1.66. The molecule has 2 fully saturated rings. The van der Waals surface area contributed by atoms with E-state index in [1.807, 2.05) is 0 Å². The van der Waals surface area contributed by atoms with Gasteiger partial charge in [-0.1, -0.05) is 39.8 Å². The summed E-state index contributed by atoms with van der Waals surface area (Å²) >= 11 is 0. The smallest absolute Gasteiger partial charge is 0.0363 e. The van der Waals surface area contributed by atoms with Crippen LogP contribution in [0.15, 0.2) is 24.3 Å². The van der Waals surface area contributed by atoms with E-state index in [0.717, 1.165) is 29.6 Å². The second-order valence-electron chi connectivity index (χ2n) is 8.44. The highest BCUT2D eigenvalue weighted by Gasteiger charge is 2.48. The topological polar surface area (TPSA) is 3.24 Å². The summed E-state index contributed by atoms with van der Waals surface area (Å²) in [5.74, 6) is 5.39. The predicted molar refractivity (Wildman–Crippen MR) is 96.5 cm³/mol. The third-order valence-corrected chi connectivity index (χ3v) is 6.49. The number of anilines is 1. The lowest BCUT2D eigenvalue weighted by Crippen LogP contribution is -2.29. The Morgan fingerprint density at radius 2 is 1.73 bits per heavy atom. The first-order valence-electron chi connectivity index (χ1n) is 9.28. The molecule has 0 heterocycles. The van der Waals surface area contributed by atoms with Crippen molar-refractivity contribution in [3.8, 4) is 0 Å². The van der Waals surface area contributed by atoms with Crippen LogP contribution in [0.4, 0.5) is 5.69 Å². The maximum Gasteiger partial charge on any atom is 0.0363 e. The fraction of sp³-hybridized carbons (Fsp3) is 0.714. The van der Waals surface area contributed by atoms with Gasteiger partial charge in [0.05, 0.1) is 0 Å². The molecule has 0 N–H and O–H groups in total. The van der Waals surface area contributed by atoms with E-state index in [-0.39, 0.29) is 0 Å². The lowest BCUT2D eigenvalue weighted by molar-refractivity contribution is 0.245. The molecule has 1 nitrogen and oxygen atoms in total. The predicted octanol–water partition coefficient (Wildman–Crippen LogP) is 5.56. The Morgan fingerprint density at radius 3 is 2.27 bits per heavy atom. The van der Waals surface area contributed by atoms with Crippen molar-refractivity contribution in [2.45, 2.75) is 52.9 Å². The van der Waals surface area contributed by atoms with Crippen molar-refractivity contribution in [1.29, 1.82) is 0 Å². The van der Waals surface area contributed by atoms with Crippen LogP contribution in [0.1, 0.15) is 58.4 Å². The molecule has 1 aromatic carbocycles. The van der Waals surface area contributed by atoms with E-state index in [1.54, 1.807) is 0 Å². The molecule has 122 valence electrons. The second-order valence-corrected chi connectivity index (χ2v) is 8.44. The van der Waals surface area contributed by atoms with E-state index in [1.165, 1.54) is 37.1 Å². The summed E-state index contributed by atoms with van der Waals surface area (Å²) in [6, 6.07) is 9.23. The van der Waals surface area contributed by atoms with Gasteiger partial charge in [-0.05, 0) is 72.5 Å². The SMILES string of the molecule is CC(C)c1ccc(N(C)CC2C3CCC2C(C(C)C)C3)cc1. The minimum atomic E-state index is 0.622. The minimum Gasteiger partial charge on any atom is -0.374 e. The van der Waals surface area contributed by atoms with Gasteiger partial charge in [-0.3, -0.25) is 0 Å². The Labute approximate surface area is 137 Å². The number of fused-ring (bicyclic) bond motifs is 2. The summed E-state index contributed by atoms with van der Waals surface area (Å²) < 4.78 is 0. The quantitative estimate of drug-likeness (QED) is 0.687. The molecule has 0 aromatic heterocycles. The number of benzene rings is 1. The molecule has 4 atom stereocenters. The van der Waals surface area contributed by atoms with Gasteiger partial charge in [0.2, 0.25) is 0 Å². The van der Waals surface area contributed by atoms with Gasteiger partial charge in [0, 0.05) is 19.3 Å². The van der Waals surface area contributed by atoms with Gasteiger partial charge in [0.1, 0.15) is 0 Å². The van der Waals surface area contributed by atoms with Crippen LogP contribution in [0.25, 0.3) is 0 Å². The van der Waals surface area contributed by atoms with Crippen LogP contribution in [0.2, 0.25) is 0 Å². The molecule has 2 saturated carbocycles. The number of nitrogens with zero attached hydrogens (tertiary/aromatic N) is 1. The highest BCUT2D eigenvalue weighted by Crippen LogP contribution is 2.55. The molecule has 2 aliphatic rings. The zero-order valence-corrected chi connectivity index (χ0v) is 15.0. The molecule has 0 saturated heterocycles. The van der Waals surface area contributed by atoms with Crippen molar-refractivity contribution in [2.24, 2.45) is 29.6 Å². The van der Waals surface area contributed by atoms with Crippen molar-refractivity contribution in [3.05, 3.63) is 29.8 Å². The van der Waals surface area contributed by atoms with Gasteiger partial charge in [0.15, 0.2) is 0 Å². The molecule has 3 rings (SSSR count). The van der Waals surface area contributed by atoms with Gasteiger partial charge in [-0.15, -0.1) is 0 Å². The van der Waals surface area contributed by atoms with Crippen LogP contribution in [-0.4, -0.2) is 13.6 Å². The molecule has 2 aliphatic carbocycles. The molecule has 0 spiro atoms. The number of hydrogen-bond donors (Lipinski definition) is 0. The highest BCUT2D eigenvalue weighted by atomic mass is 15.1. The first-order valence-corrected chi connectivity index (χ1v) is 9.28. The fourth-order valence-electron chi connectivity index (χ4n) is 5.12. The standard InChI is InChI=1S/C21H33N/c1-14(2)16-6-9-18(10-7-16)22(5)13-21-17-8-11-19(21)20(12-17)15(3)4/h6-7,9-10,14-15,17,19-21H,8,11-13H2,1-5H3. The van der Waals surface area contributed by atoms with Crippen LogP contribution < -0.4 is 4.90 Å². The third kappa shape index (κ3) is 2.92. The van der Waals surface area contributed by atoms with Gasteiger partial charge in [-0.2, -0.15) is 0 Å². The summed E-state index contributed by atoms with van der Waals surface area (Å²) in [7, 11) is 2.28. The van der Waals surface area contributed by atoms with Gasteiger partial charge < -0.3 is 4.90 Å². The first kappa shape index (κ1) is 15.9. The lowest BCUT2D eigenvalue weighted by Gasteiger charge is -2.28. The van der Waals surface area contributed by atoms with Crippen molar-refractivity contribution in [2.75, 3.05) is 18.5 Å². The Kier molecular flexibility index (Phi) is 4.52. The van der Waals surface area contributed by atoms with Crippen molar-refractivity contribution < 1.29 is 0 Å². The van der Waals surface area contributed by atoms with Crippen LogP contribution in [0.3, 0.4) is 0 Å². The van der Waals surface area contributed by atoms with E-state index in [4.69, 9.17) is 0 Å². The van der Waals surface area contributed by atoms with Crippen molar-refractivity contribution in [3.63, 3.8) is 0 Å². The summed E-state index contributed by atoms with van der Waals surface area (Å²) in [4.78, 5) is 2.50. The van der Waals surface area contributed by atoms with Gasteiger partial charge in [0.25, 0.3) is 0 Å². The highest BCUT2D eigenvalue weighted by molar-refractivity contribution is 5.47. The summed E-state index contributed by atoms with van der Waals surface area (Å²) in [6.07, 6.45) is 4.46. The van der Waals surface area contributed by atoms with Crippen LogP contribution in [-0.2, 0) is 0 Å². The molecule has 0 radical (unpaired) electrons. The first-order chi connectivity index (χ1) is 10.5. The molecule has 22 heavy (non-hydrogen) atoms. The monoisotopic (exact) mass is 299 g/mol. The van der Waals surface area contributed by atoms with Gasteiger partial charge in [-0.25, -0.2) is 0 Å². The molecule has 1 aromatic rings. The molecular weight excluding hydrogens is 266 g/mol. The molecule has 1 heteroatoms. The molecular formula is C21H33N. The molecule has 4 unspecified atom stereocenters. The minimum absolute atomic E-state index is 0.622. The van der Waals surface area contributed by atoms with E-state index < -0.39 is 0 Å².